The van der Waals surface area contributed by atoms with Crippen molar-refractivity contribution in [3.8, 4) is 6.07 Å². The summed E-state index contributed by atoms with van der Waals surface area (Å²) in [5.74, 6) is 0.417. The second-order valence-corrected chi connectivity index (χ2v) is 4.90. The second kappa shape index (κ2) is 6.20. The molecule has 0 aliphatic heterocycles. The van der Waals surface area contributed by atoms with E-state index in [-0.39, 0.29) is 0 Å². The van der Waals surface area contributed by atoms with Crippen LogP contribution in [0.5, 0.6) is 0 Å². The predicted molar refractivity (Wildman–Crippen MR) is 79.1 cm³/mol. The topological polar surface area (TPSA) is 23.8 Å². The van der Waals surface area contributed by atoms with Crippen LogP contribution in [0.15, 0.2) is 48.5 Å². The standard InChI is InChI=1S/C18H19N/c1-3-17(16-7-5-4-6-8-16)18-13-15(11-12-19)10-9-14(18)2/h4-10,13,17H,3,11H2,1-2H3. The third kappa shape index (κ3) is 3.03. The van der Waals surface area contributed by atoms with Crippen molar-refractivity contribution < 1.29 is 0 Å². The molecule has 0 bridgehead atoms. The van der Waals surface area contributed by atoms with Crippen LogP contribution >= 0.6 is 0 Å². The molecule has 0 saturated carbocycles. The van der Waals surface area contributed by atoms with Gasteiger partial charge in [-0.15, -0.1) is 0 Å². The van der Waals surface area contributed by atoms with Gasteiger partial charge in [-0.25, -0.2) is 0 Å². The van der Waals surface area contributed by atoms with Gasteiger partial charge in [0.25, 0.3) is 0 Å². The number of nitriles is 1. The monoisotopic (exact) mass is 249 g/mol. The van der Waals surface area contributed by atoms with Crippen molar-refractivity contribution in [3.63, 3.8) is 0 Å². The molecule has 2 rings (SSSR count). The Labute approximate surface area is 115 Å². The number of benzene rings is 2. The number of hydrogen-bond donors (Lipinski definition) is 0. The van der Waals surface area contributed by atoms with Crippen molar-refractivity contribution in [2.45, 2.75) is 32.6 Å². The van der Waals surface area contributed by atoms with Gasteiger partial charge in [-0.3, -0.25) is 0 Å². The van der Waals surface area contributed by atoms with Crippen molar-refractivity contribution in [3.05, 3.63) is 70.8 Å². The molecule has 1 unspecified atom stereocenters. The molecule has 0 aliphatic rings. The van der Waals surface area contributed by atoms with Gasteiger partial charge in [0.1, 0.15) is 0 Å². The van der Waals surface area contributed by atoms with Crippen molar-refractivity contribution in [1.29, 1.82) is 5.26 Å². The Morgan fingerprint density at radius 2 is 1.84 bits per heavy atom. The van der Waals surface area contributed by atoms with Crippen LogP contribution in [0.2, 0.25) is 0 Å². The molecule has 0 N–H and O–H groups in total. The van der Waals surface area contributed by atoms with E-state index in [1.807, 2.05) is 0 Å². The summed E-state index contributed by atoms with van der Waals surface area (Å²) in [4.78, 5) is 0. The van der Waals surface area contributed by atoms with Gasteiger partial charge in [0, 0.05) is 5.92 Å². The van der Waals surface area contributed by atoms with Crippen LogP contribution in [0, 0.1) is 18.3 Å². The first-order valence-electron chi connectivity index (χ1n) is 6.77. The summed E-state index contributed by atoms with van der Waals surface area (Å²) < 4.78 is 0. The quantitative estimate of drug-likeness (QED) is 0.776. The molecule has 0 aromatic heterocycles. The maximum atomic E-state index is 8.84. The predicted octanol–water partition coefficient (Wildman–Crippen LogP) is 4.60. The minimum Gasteiger partial charge on any atom is -0.198 e. The summed E-state index contributed by atoms with van der Waals surface area (Å²) in [6.07, 6.45) is 1.55. The zero-order valence-corrected chi connectivity index (χ0v) is 11.6. The zero-order valence-electron chi connectivity index (χ0n) is 11.6. The van der Waals surface area contributed by atoms with Crippen molar-refractivity contribution in [2.24, 2.45) is 0 Å². The van der Waals surface area contributed by atoms with Crippen LogP contribution in [0.1, 0.15) is 41.5 Å². The molecule has 0 heterocycles. The lowest BCUT2D eigenvalue weighted by molar-refractivity contribution is 0.770. The highest BCUT2D eigenvalue weighted by Gasteiger charge is 2.14. The fraction of sp³-hybridized carbons (Fsp3) is 0.278. The van der Waals surface area contributed by atoms with Crippen molar-refractivity contribution in [2.75, 3.05) is 0 Å². The maximum Gasteiger partial charge on any atom is 0.0669 e. The summed E-state index contributed by atoms with van der Waals surface area (Å²) in [6, 6.07) is 19.2. The Morgan fingerprint density at radius 3 is 2.47 bits per heavy atom. The Bertz CT molecular complexity index is 578. The van der Waals surface area contributed by atoms with E-state index in [1.54, 1.807) is 0 Å². The molecule has 0 aliphatic carbocycles. The molecule has 1 atom stereocenters. The SMILES string of the molecule is CCC(c1ccccc1)c1cc(CC#N)ccc1C. The largest absolute Gasteiger partial charge is 0.198 e. The number of nitrogens with zero attached hydrogens (tertiary/aromatic N) is 1. The van der Waals surface area contributed by atoms with E-state index in [0.29, 0.717) is 12.3 Å². The maximum absolute atomic E-state index is 8.84. The first-order valence-corrected chi connectivity index (χ1v) is 6.77. The van der Waals surface area contributed by atoms with E-state index >= 15 is 0 Å². The summed E-state index contributed by atoms with van der Waals surface area (Å²) in [5.41, 5.74) is 5.11. The Hall–Kier alpha value is -2.07. The molecule has 1 heteroatoms. The lowest BCUT2D eigenvalue weighted by Crippen LogP contribution is -2.03. The molecule has 0 saturated heterocycles. The third-order valence-electron chi connectivity index (χ3n) is 3.61. The molecule has 0 fully saturated rings. The van der Waals surface area contributed by atoms with Crippen LogP contribution in [0.25, 0.3) is 0 Å². The highest BCUT2D eigenvalue weighted by atomic mass is 14.2. The first-order chi connectivity index (χ1) is 9.26. The van der Waals surface area contributed by atoms with Gasteiger partial charge in [-0.2, -0.15) is 5.26 Å². The van der Waals surface area contributed by atoms with Gasteiger partial charge in [-0.1, -0.05) is 55.5 Å². The summed E-state index contributed by atoms with van der Waals surface area (Å²) >= 11 is 0. The van der Waals surface area contributed by atoms with Crippen LogP contribution in [-0.4, -0.2) is 0 Å². The van der Waals surface area contributed by atoms with E-state index < -0.39 is 0 Å². The molecule has 0 radical (unpaired) electrons. The summed E-state index contributed by atoms with van der Waals surface area (Å²) in [7, 11) is 0. The van der Waals surface area contributed by atoms with Gasteiger partial charge in [0.15, 0.2) is 0 Å². The first kappa shape index (κ1) is 13.4. The molecule has 0 amide bonds. The van der Waals surface area contributed by atoms with Crippen molar-refractivity contribution in [1.82, 2.24) is 0 Å². The number of rotatable bonds is 4. The lowest BCUT2D eigenvalue weighted by atomic mass is 9.85. The van der Waals surface area contributed by atoms with E-state index in [0.717, 1.165) is 12.0 Å². The zero-order chi connectivity index (χ0) is 13.7. The highest BCUT2D eigenvalue weighted by molar-refractivity contribution is 5.40. The number of aryl methyl sites for hydroxylation is 1. The van der Waals surface area contributed by atoms with Crippen LogP contribution in [0.4, 0.5) is 0 Å². The molecule has 1 nitrogen and oxygen atoms in total. The highest BCUT2D eigenvalue weighted by Crippen LogP contribution is 2.30. The van der Waals surface area contributed by atoms with Crippen LogP contribution in [-0.2, 0) is 6.42 Å². The minimum atomic E-state index is 0.417. The van der Waals surface area contributed by atoms with Gasteiger partial charge < -0.3 is 0 Å². The molecule has 0 spiro atoms. The van der Waals surface area contributed by atoms with Crippen LogP contribution < -0.4 is 0 Å². The molecular formula is C18H19N. The lowest BCUT2D eigenvalue weighted by Gasteiger charge is -2.19. The fourth-order valence-corrected chi connectivity index (χ4v) is 2.59. The van der Waals surface area contributed by atoms with Gasteiger partial charge >= 0.3 is 0 Å². The fourth-order valence-electron chi connectivity index (χ4n) is 2.59. The normalized spacial score (nSPS) is 11.8. The van der Waals surface area contributed by atoms with E-state index in [4.69, 9.17) is 5.26 Å². The van der Waals surface area contributed by atoms with E-state index in [9.17, 15) is 0 Å². The van der Waals surface area contributed by atoms with E-state index in [2.05, 4.69) is 68.4 Å². The molecule has 96 valence electrons. The average molecular weight is 249 g/mol. The number of hydrogen-bond acceptors (Lipinski definition) is 1. The smallest absolute Gasteiger partial charge is 0.0669 e. The minimum absolute atomic E-state index is 0.417. The Balaban J connectivity index is 2.43. The molecule has 2 aromatic rings. The summed E-state index contributed by atoms with van der Waals surface area (Å²) in [6.45, 7) is 4.37. The third-order valence-corrected chi connectivity index (χ3v) is 3.61. The molecule has 2 aromatic carbocycles. The van der Waals surface area contributed by atoms with Crippen molar-refractivity contribution >= 4 is 0 Å². The second-order valence-electron chi connectivity index (χ2n) is 4.90. The Morgan fingerprint density at radius 1 is 1.11 bits per heavy atom. The molecular weight excluding hydrogens is 230 g/mol. The van der Waals surface area contributed by atoms with Gasteiger partial charge in [0.05, 0.1) is 12.5 Å². The summed E-state index contributed by atoms with van der Waals surface area (Å²) in [5, 5.41) is 8.84. The van der Waals surface area contributed by atoms with E-state index in [1.165, 1.54) is 16.7 Å². The van der Waals surface area contributed by atoms with Gasteiger partial charge in [-0.05, 0) is 35.6 Å². The Kier molecular flexibility index (Phi) is 4.36. The average Bonchev–Trinajstić information content (AvgIpc) is 2.44. The van der Waals surface area contributed by atoms with Gasteiger partial charge in [0.2, 0.25) is 0 Å². The molecule has 19 heavy (non-hydrogen) atoms. The van der Waals surface area contributed by atoms with Crippen LogP contribution in [0.3, 0.4) is 0 Å².